The van der Waals surface area contributed by atoms with Gasteiger partial charge in [0.15, 0.2) is 0 Å². The summed E-state index contributed by atoms with van der Waals surface area (Å²) in [4.78, 5) is 20.7. The fourth-order valence-corrected chi connectivity index (χ4v) is 3.07. The molecule has 138 valence electrons. The number of carbonyl (C=O) groups is 1. The van der Waals surface area contributed by atoms with Gasteiger partial charge in [0, 0.05) is 30.4 Å². The van der Waals surface area contributed by atoms with Gasteiger partial charge in [-0.2, -0.15) is 0 Å². The van der Waals surface area contributed by atoms with Crippen molar-refractivity contribution in [3.63, 3.8) is 0 Å². The molecule has 9 heteroatoms. The number of anilines is 1. The molecule has 0 unspecified atom stereocenters. The van der Waals surface area contributed by atoms with Crippen LogP contribution in [0.3, 0.4) is 0 Å². The molecule has 3 heterocycles. The van der Waals surface area contributed by atoms with Crippen LogP contribution in [0.2, 0.25) is 0 Å². The first-order valence-electron chi connectivity index (χ1n) is 8.04. The van der Waals surface area contributed by atoms with Crippen LogP contribution < -0.4 is 10.1 Å². The molecule has 0 saturated carbocycles. The van der Waals surface area contributed by atoms with Gasteiger partial charge in [-0.1, -0.05) is 6.07 Å². The van der Waals surface area contributed by atoms with E-state index in [0.717, 1.165) is 5.56 Å². The van der Waals surface area contributed by atoms with E-state index in [1.807, 2.05) is 6.07 Å². The van der Waals surface area contributed by atoms with Crippen molar-refractivity contribution in [2.75, 3.05) is 5.32 Å². The second-order valence-corrected chi connectivity index (χ2v) is 5.98. The van der Waals surface area contributed by atoms with Crippen LogP contribution in [0.15, 0.2) is 55.1 Å². The summed E-state index contributed by atoms with van der Waals surface area (Å²) in [5.41, 5.74) is 2.09. The number of nitrogens with one attached hydrogen (secondary N) is 1. The molecule has 1 aliphatic heterocycles. The summed E-state index contributed by atoms with van der Waals surface area (Å²) >= 11 is 0. The highest BCUT2D eigenvalue weighted by Gasteiger charge is 2.32. The number of imidazole rings is 1. The van der Waals surface area contributed by atoms with E-state index in [9.17, 15) is 18.0 Å². The van der Waals surface area contributed by atoms with Gasteiger partial charge in [-0.05, 0) is 35.9 Å². The van der Waals surface area contributed by atoms with Gasteiger partial charge in [0.2, 0.25) is 5.91 Å². The van der Waals surface area contributed by atoms with Crippen molar-refractivity contribution in [2.24, 2.45) is 0 Å². The Morgan fingerprint density at radius 1 is 1.19 bits per heavy atom. The average Bonchev–Trinajstić information content (AvgIpc) is 3.05. The molecule has 1 aromatic carbocycles. The largest absolute Gasteiger partial charge is 0.573 e. The summed E-state index contributed by atoms with van der Waals surface area (Å²) in [6, 6.07) is 9.00. The second kappa shape index (κ2) is 6.42. The molecule has 1 atom stereocenters. The van der Waals surface area contributed by atoms with Crippen molar-refractivity contribution < 1.29 is 22.7 Å². The highest BCUT2D eigenvalue weighted by atomic mass is 19.4. The van der Waals surface area contributed by atoms with Gasteiger partial charge in [0.25, 0.3) is 0 Å². The Kier molecular flexibility index (Phi) is 4.06. The molecule has 0 aliphatic carbocycles. The fraction of sp³-hybridized carbons (Fsp3) is 0.167. The van der Waals surface area contributed by atoms with E-state index in [1.165, 1.54) is 30.6 Å². The SMILES string of the molecule is O=C1C[C@@H](c2cccnc2)c2ncn(-c3ccc(OC(F)(F)F)cc3)c2N1. The lowest BCUT2D eigenvalue weighted by molar-refractivity contribution is -0.274. The topological polar surface area (TPSA) is 69.0 Å². The number of rotatable bonds is 3. The van der Waals surface area contributed by atoms with Crippen molar-refractivity contribution in [3.8, 4) is 11.4 Å². The molecule has 0 radical (unpaired) electrons. The monoisotopic (exact) mass is 374 g/mol. The summed E-state index contributed by atoms with van der Waals surface area (Å²) in [5.74, 6) is -0.242. The summed E-state index contributed by atoms with van der Waals surface area (Å²) in [6.45, 7) is 0. The number of nitrogens with zero attached hydrogens (tertiary/aromatic N) is 3. The molecule has 2 aromatic heterocycles. The van der Waals surface area contributed by atoms with Gasteiger partial charge >= 0.3 is 6.36 Å². The first kappa shape index (κ1) is 17.1. The number of amides is 1. The van der Waals surface area contributed by atoms with Crippen LogP contribution >= 0.6 is 0 Å². The number of hydrogen-bond acceptors (Lipinski definition) is 4. The Labute approximate surface area is 151 Å². The summed E-state index contributed by atoms with van der Waals surface area (Å²) < 4.78 is 42.4. The first-order chi connectivity index (χ1) is 12.9. The van der Waals surface area contributed by atoms with Crippen LogP contribution in [0.5, 0.6) is 5.75 Å². The fourth-order valence-electron chi connectivity index (χ4n) is 3.07. The molecule has 27 heavy (non-hydrogen) atoms. The zero-order valence-electron chi connectivity index (χ0n) is 13.8. The quantitative estimate of drug-likeness (QED) is 0.760. The third-order valence-corrected chi connectivity index (χ3v) is 4.21. The van der Waals surface area contributed by atoms with Crippen molar-refractivity contribution >= 4 is 11.7 Å². The van der Waals surface area contributed by atoms with Crippen molar-refractivity contribution in [2.45, 2.75) is 18.7 Å². The highest BCUT2D eigenvalue weighted by molar-refractivity contribution is 5.94. The summed E-state index contributed by atoms with van der Waals surface area (Å²) in [5, 5.41) is 2.79. The lowest BCUT2D eigenvalue weighted by atomic mass is 9.91. The Balaban J connectivity index is 1.69. The summed E-state index contributed by atoms with van der Waals surface area (Å²) in [7, 11) is 0. The Morgan fingerprint density at radius 3 is 2.63 bits per heavy atom. The molecule has 6 nitrogen and oxygen atoms in total. The van der Waals surface area contributed by atoms with E-state index in [-0.39, 0.29) is 24.0 Å². The van der Waals surface area contributed by atoms with Gasteiger partial charge in [-0.25, -0.2) is 4.98 Å². The molecule has 1 amide bonds. The van der Waals surface area contributed by atoms with E-state index in [1.54, 1.807) is 23.0 Å². The van der Waals surface area contributed by atoms with E-state index < -0.39 is 6.36 Å². The minimum atomic E-state index is -4.75. The van der Waals surface area contributed by atoms with E-state index in [4.69, 9.17) is 0 Å². The number of aromatic nitrogens is 3. The van der Waals surface area contributed by atoms with Gasteiger partial charge < -0.3 is 10.1 Å². The van der Waals surface area contributed by atoms with Crippen LogP contribution in [-0.2, 0) is 4.79 Å². The minimum absolute atomic E-state index is 0.171. The van der Waals surface area contributed by atoms with Crippen molar-refractivity contribution in [1.29, 1.82) is 0 Å². The minimum Gasteiger partial charge on any atom is -0.406 e. The predicted molar refractivity (Wildman–Crippen MR) is 89.6 cm³/mol. The number of hydrogen-bond donors (Lipinski definition) is 1. The Morgan fingerprint density at radius 2 is 1.96 bits per heavy atom. The predicted octanol–water partition coefficient (Wildman–Crippen LogP) is 3.64. The van der Waals surface area contributed by atoms with E-state index >= 15 is 0 Å². The average molecular weight is 374 g/mol. The zero-order chi connectivity index (χ0) is 19.0. The maximum absolute atomic E-state index is 12.3. The third kappa shape index (κ3) is 3.48. The highest BCUT2D eigenvalue weighted by Crippen LogP contribution is 2.37. The van der Waals surface area contributed by atoms with Gasteiger partial charge in [-0.3, -0.25) is 14.3 Å². The smallest absolute Gasteiger partial charge is 0.406 e. The molecule has 3 aromatic rings. The molecule has 0 bridgehead atoms. The lowest BCUT2D eigenvalue weighted by Crippen LogP contribution is -2.25. The van der Waals surface area contributed by atoms with Crippen molar-refractivity contribution in [1.82, 2.24) is 14.5 Å². The van der Waals surface area contributed by atoms with Crippen molar-refractivity contribution in [3.05, 3.63) is 66.4 Å². The van der Waals surface area contributed by atoms with Crippen LogP contribution in [0.25, 0.3) is 5.69 Å². The second-order valence-electron chi connectivity index (χ2n) is 5.98. The normalized spacial score (nSPS) is 16.6. The number of carbonyl (C=O) groups excluding carboxylic acids is 1. The first-order valence-corrected chi connectivity index (χ1v) is 8.04. The van der Waals surface area contributed by atoms with Crippen LogP contribution in [0.4, 0.5) is 19.0 Å². The maximum atomic E-state index is 12.3. The molecule has 1 N–H and O–H groups in total. The Hall–Kier alpha value is -3.36. The standard InChI is InChI=1S/C18H13F3N4O2/c19-18(20,21)27-13-5-3-12(4-6-13)25-10-23-16-14(8-15(26)24-17(16)25)11-2-1-7-22-9-11/h1-7,9-10,14H,8H2,(H,24,26)/t14-/m0/s1. The molecular formula is C18H13F3N4O2. The number of halogens is 3. The number of pyridine rings is 1. The zero-order valence-corrected chi connectivity index (χ0v) is 13.8. The van der Waals surface area contributed by atoms with E-state index in [0.29, 0.717) is 17.2 Å². The lowest BCUT2D eigenvalue weighted by Gasteiger charge is -2.23. The number of alkyl halides is 3. The third-order valence-electron chi connectivity index (χ3n) is 4.21. The number of ether oxygens (including phenoxy) is 1. The molecule has 4 rings (SSSR count). The van der Waals surface area contributed by atoms with Gasteiger partial charge in [0.1, 0.15) is 17.9 Å². The number of benzene rings is 1. The van der Waals surface area contributed by atoms with Gasteiger partial charge in [0.05, 0.1) is 5.69 Å². The van der Waals surface area contributed by atoms with Crippen LogP contribution in [0, 0.1) is 0 Å². The molecular weight excluding hydrogens is 361 g/mol. The summed E-state index contributed by atoms with van der Waals surface area (Å²) in [6.07, 6.45) is 0.361. The molecule has 0 saturated heterocycles. The molecule has 0 spiro atoms. The Bertz CT molecular complexity index is 969. The van der Waals surface area contributed by atoms with Gasteiger partial charge in [-0.15, -0.1) is 13.2 Å². The van der Waals surface area contributed by atoms with Crippen LogP contribution in [-0.4, -0.2) is 26.8 Å². The van der Waals surface area contributed by atoms with E-state index in [2.05, 4.69) is 20.0 Å². The van der Waals surface area contributed by atoms with Crippen LogP contribution in [0.1, 0.15) is 23.6 Å². The molecule has 1 aliphatic rings. The number of fused-ring (bicyclic) bond motifs is 1. The maximum Gasteiger partial charge on any atom is 0.573 e. The molecule has 0 fully saturated rings.